The van der Waals surface area contributed by atoms with E-state index in [1.54, 1.807) is 17.8 Å². The van der Waals surface area contributed by atoms with Crippen molar-refractivity contribution in [2.45, 2.75) is 23.1 Å². The Bertz CT molecular complexity index is 1040. The summed E-state index contributed by atoms with van der Waals surface area (Å²) < 4.78 is 0. The van der Waals surface area contributed by atoms with Crippen molar-refractivity contribution in [1.82, 2.24) is 0 Å². The maximum atomic E-state index is 10.6. The van der Waals surface area contributed by atoms with Gasteiger partial charge in [0.2, 0.25) is 0 Å². The van der Waals surface area contributed by atoms with E-state index in [-0.39, 0.29) is 0 Å². The Morgan fingerprint density at radius 1 is 0.880 bits per heavy atom. The first-order valence-electron chi connectivity index (χ1n) is 8.40. The van der Waals surface area contributed by atoms with E-state index in [2.05, 4.69) is 66.4 Å². The Balaban J connectivity index is 1.80. The number of nitrogens with zero attached hydrogens (tertiary/aromatic N) is 1. The topological polar surface area (TPSA) is 23.5 Å². The second kappa shape index (κ2) is 5.43. The van der Waals surface area contributed by atoms with Crippen LogP contribution in [0.5, 0.6) is 5.75 Å². The van der Waals surface area contributed by atoms with Gasteiger partial charge < -0.3 is 10.0 Å². The molecule has 1 N–H and O–H groups in total. The lowest BCUT2D eigenvalue weighted by Gasteiger charge is -2.34. The first-order chi connectivity index (χ1) is 12.2. The number of hydrogen-bond donors (Lipinski definition) is 1. The maximum absolute atomic E-state index is 10.6. The molecule has 0 radical (unpaired) electrons. The Morgan fingerprint density at radius 3 is 2.56 bits per heavy atom. The molecule has 0 unspecified atom stereocenters. The summed E-state index contributed by atoms with van der Waals surface area (Å²) in [5.74, 6) is 0.319. The van der Waals surface area contributed by atoms with Gasteiger partial charge in [0.25, 0.3) is 0 Å². The van der Waals surface area contributed by atoms with Crippen molar-refractivity contribution in [3.8, 4) is 5.75 Å². The average molecular weight is 343 g/mol. The summed E-state index contributed by atoms with van der Waals surface area (Å²) in [6, 6.07) is 20.6. The molecule has 0 saturated carbocycles. The number of fused-ring (bicyclic) bond motifs is 3. The average Bonchev–Trinajstić information content (AvgIpc) is 3.00. The van der Waals surface area contributed by atoms with Gasteiger partial charge in [0.15, 0.2) is 0 Å². The SMILES string of the molecule is CC1=Cc2cccc(N3c4ccccc4Sc4cccc(O)c43)c2C1. The van der Waals surface area contributed by atoms with Gasteiger partial charge in [-0.1, -0.05) is 53.7 Å². The Morgan fingerprint density at radius 2 is 1.64 bits per heavy atom. The molecule has 2 aliphatic rings. The van der Waals surface area contributed by atoms with Crippen molar-refractivity contribution in [3.63, 3.8) is 0 Å². The predicted molar refractivity (Wildman–Crippen MR) is 104 cm³/mol. The van der Waals surface area contributed by atoms with Crippen molar-refractivity contribution in [1.29, 1.82) is 0 Å². The van der Waals surface area contributed by atoms with Crippen LogP contribution < -0.4 is 4.90 Å². The van der Waals surface area contributed by atoms with Crippen LogP contribution in [0, 0.1) is 0 Å². The molecule has 1 aliphatic heterocycles. The molecule has 2 nitrogen and oxygen atoms in total. The number of phenols is 1. The molecule has 0 spiro atoms. The quantitative estimate of drug-likeness (QED) is 0.439. The van der Waals surface area contributed by atoms with Crippen molar-refractivity contribution < 1.29 is 5.11 Å². The highest BCUT2D eigenvalue weighted by atomic mass is 32.2. The van der Waals surface area contributed by atoms with Crippen LogP contribution >= 0.6 is 11.8 Å². The Kier molecular flexibility index (Phi) is 3.19. The second-order valence-corrected chi connectivity index (χ2v) is 7.63. The summed E-state index contributed by atoms with van der Waals surface area (Å²) >= 11 is 1.71. The molecule has 3 heteroatoms. The minimum Gasteiger partial charge on any atom is -0.506 e. The lowest BCUT2D eigenvalue weighted by Crippen LogP contribution is -2.16. The molecule has 25 heavy (non-hydrogen) atoms. The number of rotatable bonds is 1. The highest BCUT2D eigenvalue weighted by Gasteiger charge is 2.29. The molecule has 0 atom stereocenters. The van der Waals surface area contributed by atoms with Crippen LogP contribution in [0.1, 0.15) is 18.1 Å². The van der Waals surface area contributed by atoms with Gasteiger partial charge in [-0.2, -0.15) is 0 Å². The van der Waals surface area contributed by atoms with Gasteiger partial charge in [0.1, 0.15) is 11.4 Å². The third-order valence-corrected chi connectivity index (χ3v) is 5.93. The minimum atomic E-state index is 0.319. The zero-order valence-corrected chi connectivity index (χ0v) is 14.7. The van der Waals surface area contributed by atoms with Gasteiger partial charge in [0.05, 0.1) is 11.4 Å². The van der Waals surface area contributed by atoms with Crippen LogP contribution in [-0.4, -0.2) is 5.11 Å². The van der Waals surface area contributed by atoms with Gasteiger partial charge in [0, 0.05) is 9.79 Å². The zero-order chi connectivity index (χ0) is 17.0. The molecule has 0 aromatic heterocycles. The third-order valence-electron chi connectivity index (χ3n) is 4.81. The van der Waals surface area contributed by atoms with Crippen LogP contribution in [0.15, 0.2) is 76.0 Å². The van der Waals surface area contributed by atoms with Crippen molar-refractivity contribution in [2.24, 2.45) is 0 Å². The molecule has 5 rings (SSSR count). The van der Waals surface area contributed by atoms with E-state index in [4.69, 9.17) is 0 Å². The fourth-order valence-corrected chi connectivity index (χ4v) is 4.85. The summed E-state index contributed by atoms with van der Waals surface area (Å²) in [7, 11) is 0. The second-order valence-electron chi connectivity index (χ2n) is 6.54. The first-order valence-corrected chi connectivity index (χ1v) is 9.22. The van der Waals surface area contributed by atoms with E-state index in [1.807, 2.05) is 6.07 Å². The molecule has 0 bridgehead atoms. The van der Waals surface area contributed by atoms with Crippen LogP contribution in [0.3, 0.4) is 0 Å². The summed E-state index contributed by atoms with van der Waals surface area (Å²) in [6.45, 7) is 2.18. The molecule has 1 heterocycles. The molecule has 1 aliphatic carbocycles. The number of allylic oxidation sites excluding steroid dienone is 1. The van der Waals surface area contributed by atoms with E-state index in [1.165, 1.54) is 21.6 Å². The normalized spacial score (nSPS) is 14.6. The van der Waals surface area contributed by atoms with Crippen LogP contribution in [-0.2, 0) is 6.42 Å². The molecule has 3 aromatic carbocycles. The maximum Gasteiger partial charge on any atom is 0.140 e. The van der Waals surface area contributed by atoms with Gasteiger partial charge >= 0.3 is 0 Å². The van der Waals surface area contributed by atoms with Gasteiger partial charge in [-0.25, -0.2) is 0 Å². The van der Waals surface area contributed by atoms with Crippen molar-refractivity contribution >= 4 is 34.9 Å². The Labute approximate surface area is 151 Å². The number of aromatic hydroxyl groups is 1. The van der Waals surface area contributed by atoms with Gasteiger partial charge in [-0.15, -0.1) is 0 Å². The third kappa shape index (κ3) is 2.19. The summed E-state index contributed by atoms with van der Waals surface area (Å²) in [5.41, 5.74) is 7.14. The highest BCUT2D eigenvalue weighted by molar-refractivity contribution is 7.99. The lowest BCUT2D eigenvalue weighted by molar-refractivity contribution is 0.475. The molecule has 0 saturated heterocycles. The zero-order valence-electron chi connectivity index (χ0n) is 13.9. The molecule has 3 aromatic rings. The summed E-state index contributed by atoms with van der Waals surface area (Å²) in [5, 5.41) is 10.6. The fraction of sp³-hybridized carbons (Fsp3) is 0.0909. The monoisotopic (exact) mass is 343 g/mol. The molecular weight excluding hydrogens is 326 g/mol. The van der Waals surface area contributed by atoms with E-state index in [0.717, 1.165) is 28.4 Å². The van der Waals surface area contributed by atoms with E-state index < -0.39 is 0 Å². The number of anilines is 3. The van der Waals surface area contributed by atoms with Crippen molar-refractivity contribution in [3.05, 3.63) is 77.4 Å². The molecular formula is C22H17NOS. The number of para-hydroxylation sites is 2. The molecule has 0 fully saturated rings. The van der Waals surface area contributed by atoms with Crippen LogP contribution in [0.4, 0.5) is 17.1 Å². The lowest BCUT2D eigenvalue weighted by atomic mass is 10.0. The molecule has 122 valence electrons. The number of benzene rings is 3. The summed E-state index contributed by atoms with van der Waals surface area (Å²) in [6.07, 6.45) is 3.22. The van der Waals surface area contributed by atoms with Crippen molar-refractivity contribution in [2.75, 3.05) is 4.90 Å². The highest BCUT2D eigenvalue weighted by Crippen LogP contribution is 2.55. The van der Waals surface area contributed by atoms with Gasteiger partial charge in [-0.3, -0.25) is 0 Å². The smallest absolute Gasteiger partial charge is 0.140 e. The van der Waals surface area contributed by atoms with Crippen LogP contribution in [0.25, 0.3) is 6.08 Å². The number of phenolic OH excluding ortho intramolecular Hbond substituents is 1. The van der Waals surface area contributed by atoms with E-state index in [9.17, 15) is 5.11 Å². The number of hydrogen-bond acceptors (Lipinski definition) is 3. The van der Waals surface area contributed by atoms with Gasteiger partial charge in [-0.05, 0) is 54.8 Å². The predicted octanol–water partition coefficient (Wildman–Crippen LogP) is 6.29. The van der Waals surface area contributed by atoms with E-state index in [0.29, 0.717) is 5.75 Å². The van der Waals surface area contributed by atoms with E-state index >= 15 is 0 Å². The standard InChI is InChI=1S/C22H17NOS/c1-14-12-15-6-4-8-17(16(15)13-14)23-18-7-2-3-10-20(18)25-21-11-5-9-19(24)22(21)23/h2-12,24H,13H2,1H3. The first kappa shape index (κ1) is 14.7. The fourth-order valence-electron chi connectivity index (χ4n) is 3.76. The Hall–Kier alpha value is -2.65. The molecule has 0 amide bonds. The largest absolute Gasteiger partial charge is 0.506 e. The van der Waals surface area contributed by atoms with Crippen LogP contribution in [0.2, 0.25) is 0 Å². The summed E-state index contributed by atoms with van der Waals surface area (Å²) in [4.78, 5) is 4.52. The minimum absolute atomic E-state index is 0.319.